The molecule has 32 heavy (non-hydrogen) atoms. The number of rotatable bonds is 6. The lowest BCUT2D eigenvalue weighted by Crippen LogP contribution is -2.33. The predicted molar refractivity (Wildman–Crippen MR) is 114 cm³/mol. The largest absolute Gasteiger partial charge is 0.497 e. The number of allylic oxidation sites excluding steroid dienone is 1. The Hall–Kier alpha value is -4.21. The van der Waals surface area contributed by atoms with Gasteiger partial charge in [0, 0.05) is 11.1 Å². The van der Waals surface area contributed by atoms with Gasteiger partial charge in [-0.3, -0.25) is 4.79 Å². The number of Topliss-reactive ketones (excluding diaryl/α,β-unsaturated/α-hetero) is 1. The predicted octanol–water partition coefficient (Wildman–Crippen LogP) is 2.32. The Labute approximate surface area is 183 Å². The Morgan fingerprint density at radius 1 is 1.03 bits per heavy atom. The molecule has 0 radical (unpaired) electrons. The van der Waals surface area contributed by atoms with Crippen molar-refractivity contribution >= 4 is 17.7 Å². The van der Waals surface area contributed by atoms with E-state index in [1.165, 1.54) is 26.0 Å². The van der Waals surface area contributed by atoms with Crippen molar-refractivity contribution in [1.29, 1.82) is 0 Å². The van der Waals surface area contributed by atoms with Gasteiger partial charge in [0.05, 0.1) is 26.9 Å². The van der Waals surface area contributed by atoms with Crippen molar-refractivity contribution in [3.63, 3.8) is 0 Å². The lowest BCUT2D eigenvalue weighted by atomic mass is 9.88. The molecule has 1 aromatic heterocycles. The summed E-state index contributed by atoms with van der Waals surface area (Å²) >= 11 is 0. The number of ketones is 1. The third kappa shape index (κ3) is 3.55. The topological polar surface area (TPSA) is 117 Å². The summed E-state index contributed by atoms with van der Waals surface area (Å²) in [7, 11) is 4.29. The first-order valence-electron chi connectivity index (χ1n) is 9.69. The normalized spacial score (nSPS) is 14.9. The lowest BCUT2D eigenvalue weighted by molar-refractivity contribution is -0.136. The lowest BCUT2D eigenvalue weighted by Gasteiger charge is -2.29. The van der Waals surface area contributed by atoms with E-state index in [2.05, 4.69) is 20.8 Å². The minimum absolute atomic E-state index is 0.0461. The molecule has 0 saturated heterocycles. The van der Waals surface area contributed by atoms with Crippen molar-refractivity contribution in [2.24, 2.45) is 0 Å². The van der Waals surface area contributed by atoms with E-state index in [0.29, 0.717) is 22.6 Å². The van der Waals surface area contributed by atoms with E-state index < -0.39 is 12.0 Å². The summed E-state index contributed by atoms with van der Waals surface area (Å²) in [4.78, 5) is 26.5. The number of nitrogens with zero attached hydrogens (tertiary/aromatic N) is 4. The van der Waals surface area contributed by atoms with Gasteiger partial charge in [0.2, 0.25) is 5.95 Å². The van der Waals surface area contributed by atoms with Gasteiger partial charge in [0.1, 0.15) is 23.2 Å². The maximum atomic E-state index is 13.8. The van der Waals surface area contributed by atoms with E-state index in [1.807, 2.05) is 19.1 Å². The molecule has 3 aromatic rings. The van der Waals surface area contributed by atoms with Crippen LogP contribution in [0.5, 0.6) is 11.5 Å². The number of aromatic nitrogens is 4. The second kappa shape index (κ2) is 8.50. The van der Waals surface area contributed by atoms with Gasteiger partial charge in [-0.05, 0) is 35.5 Å². The number of ether oxygens (including phenoxy) is 3. The average molecular weight is 435 g/mol. The summed E-state index contributed by atoms with van der Waals surface area (Å²) < 4.78 is 17.3. The third-order valence-corrected chi connectivity index (χ3v) is 5.20. The molecular formula is C22H21N5O5. The van der Waals surface area contributed by atoms with Crippen molar-refractivity contribution in [1.82, 2.24) is 20.2 Å². The summed E-state index contributed by atoms with van der Waals surface area (Å²) in [6.07, 6.45) is 0. The van der Waals surface area contributed by atoms with Crippen LogP contribution in [-0.2, 0) is 9.53 Å². The Balaban J connectivity index is 2.00. The molecule has 0 fully saturated rings. The van der Waals surface area contributed by atoms with E-state index >= 15 is 0 Å². The molecule has 1 aliphatic heterocycles. The van der Waals surface area contributed by atoms with Crippen molar-refractivity contribution in [3.05, 3.63) is 70.4 Å². The Kier molecular flexibility index (Phi) is 5.59. The first-order valence-corrected chi connectivity index (χ1v) is 9.69. The van der Waals surface area contributed by atoms with Crippen molar-refractivity contribution < 1.29 is 23.8 Å². The number of hydrogen-bond acceptors (Lipinski definition) is 9. The van der Waals surface area contributed by atoms with E-state index in [4.69, 9.17) is 14.2 Å². The summed E-state index contributed by atoms with van der Waals surface area (Å²) in [5.74, 6) is 0.0875. The molecule has 2 heterocycles. The Morgan fingerprint density at radius 3 is 2.44 bits per heavy atom. The minimum atomic E-state index is -0.880. The zero-order chi connectivity index (χ0) is 22.8. The monoisotopic (exact) mass is 435 g/mol. The van der Waals surface area contributed by atoms with Crippen LogP contribution in [0.1, 0.15) is 27.5 Å². The highest BCUT2D eigenvalue weighted by Gasteiger charge is 2.40. The van der Waals surface area contributed by atoms with Gasteiger partial charge in [-0.15, -0.1) is 0 Å². The van der Waals surface area contributed by atoms with Crippen LogP contribution >= 0.6 is 0 Å². The summed E-state index contributed by atoms with van der Waals surface area (Å²) in [5.41, 5.74) is 2.01. The third-order valence-electron chi connectivity index (χ3n) is 5.20. The van der Waals surface area contributed by atoms with Gasteiger partial charge < -0.3 is 19.5 Å². The van der Waals surface area contributed by atoms with E-state index in [0.717, 1.165) is 5.56 Å². The second-order valence-electron chi connectivity index (χ2n) is 7.06. The molecular weight excluding hydrogens is 414 g/mol. The van der Waals surface area contributed by atoms with Crippen LogP contribution in [0.25, 0.3) is 0 Å². The summed E-state index contributed by atoms with van der Waals surface area (Å²) in [6, 6.07) is 11.3. The van der Waals surface area contributed by atoms with E-state index in [9.17, 15) is 9.59 Å². The van der Waals surface area contributed by atoms with E-state index in [-0.39, 0.29) is 23.0 Å². The summed E-state index contributed by atoms with van der Waals surface area (Å²) in [6.45, 7) is 1.92. The molecule has 0 aliphatic carbocycles. The minimum Gasteiger partial charge on any atom is -0.497 e. The Bertz CT molecular complexity index is 1220. The molecule has 10 nitrogen and oxygen atoms in total. The SMILES string of the molecule is COC(=O)C1=C(C(=O)c2ccc(C)cc2)[C@@H](c2cc(OC)ccc2OC)n2nnnc2N1. The first kappa shape index (κ1) is 21.0. The zero-order valence-corrected chi connectivity index (χ0v) is 17.9. The van der Waals surface area contributed by atoms with Crippen molar-refractivity contribution in [3.8, 4) is 11.5 Å². The van der Waals surface area contributed by atoms with Gasteiger partial charge in [0.25, 0.3) is 0 Å². The molecule has 164 valence electrons. The van der Waals surface area contributed by atoms with Gasteiger partial charge in [0.15, 0.2) is 5.78 Å². The maximum Gasteiger partial charge on any atom is 0.355 e. The number of carbonyl (C=O) groups is 2. The van der Waals surface area contributed by atoms with Crippen LogP contribution < -0.4 is 14.8 Å². The summed E-state index contributed by atoms with van der Waals surface area (Å²) in [5, 5.41) is 14.6. The first-order chi connectivity index (χ1) is 15.5. The standard InChI is InChI=1S/C22H21N5O5/c1-12-5-7-13(8-6-12)20(28)17-18(21(29)32-4)23-22-24-25-26-27(22)19(17)15-11-14(30-2)9-10-16(15)31-3/h5-11,19H,1-4H3,(H,23,24,26)/t19-/m1/s1. The van der Waals surface area contributed by atoms with Gasteiger partial charge in [-0.1, -0.05) is 34.9 Å². The van der Waals surface area contributed by atoms with Gasteiger partial charge >= 0.3 is 5.97 Å². The molecule has 0 saturated carbocycles. The fourth-order valence-corrected chi connectivity index (χ4v) is 3.59. The van der Waals surface area contributed by atoms with Gasteiger partial charge in [-0.25, -0.2) is 4.79 Å². The highest BCUT2D eigenvalue weighted by Crippen LogP contribution is 2.41. The molecule has 4 rings (SSSR count). The molecule has 1 aliphatic rings. The molecule has 0 spiro atoms. The van der Waals surface area contributed by atoms with Crippen LogP contribution in [0, 0.1) is 6.92 Å². The quantitative estimate of drug-likeness (QED) is 0.460. The molecule has 1 atom stereocenters. The number of aryl methyl sites for hydroxylation is 1. The number of anilines is 1. The number of fused-ring (bicyclic) bond motifs is 1. The molecule has 0 unspecified atom stereocenters. The second-order valence-corrected chi connectivity index (χ2v) is 7.06. The molecule has 0 amide bonds. The zero-order valence-electron chi connectivity index (χ0n) is 17.9. The van der Waals surface area contributed by atoms with Crippen LogP contribution in [-0.4, -0.2) is 53.3 Å². The molecule has 1 N–H and O–H groups in total. The van der Waals surface area contributed by atoms with Crippen LogP contribution in [0.4, 0.5) is 5.95 Å². The molecule has 0 bridgehead atoms. The number of tetrazole rings is 1. The molecule has 10 heteroatoms. The number of benzene rings is 2. The highest BCUT2D eigenvalue weighted by molar-refractivity contribution is 6.15. The fraction of sp³-hybridized carbons (Fsp3) is 0.227. The van der Waals surface area contributed by atoms with Crippen LogP contribution in [0.15, 0.2) is 53.7 Å². The van der Waals surface area contributed by atoms with Gasteiger partial charge in [-0.2, -0.15) is 4.68 Å². The number of carbonyl (C=O) groups excluding carboxylic acids is 2. The number of esters is 1. The smallest absolute Gasteiger partial charge is 0.355 e. The van der Waals surface area contributed by atoms with Crippen LogP contribution in [0.3, 0.4) is 0 Å². The maximum absolute atomic E-state index is 13.8. The number of hydrogen-bond donors (Lipinski definition) is 1. The van der Waals surface area contributed by atoms with Crippen molar-refractivity contribution in [2.75, 3.05) is 26.6 Å². The van der Waals surface area contributed by atoms with Crippen molar-refractivity contribution in [2.45, 2.75) is 13.0 Å². The van der Waals surface area contributed by atoms with Crippen LogP contribution in [0.2, 0.25) is 0 Å². The number of nitrogens with one attached hydrogen (secondary N) is 1. The highest BCUT2D eigenvalue weighted by atomic mass is 16.5. The Morgan fingerprint density at radius 2 is 1.78 bits per heavy atom. The number of methoxy groups -OCH3 is 3. The average Bonchev–Trinajstić information content (AvgIpc) is 3.30. The van der Waals surface area contributed by atoms with E-state index in [1.54, 1.807) is 30.3 Å². The molecule has 2 aromatic carbocycles. The fourth-order valence-electron chi connectivity index (χ4n) is 3.59.